The van der Waals surface area contributed by atoms with Crippen molar-refractivity contribution >= 4 is 69.3 Å². The normalized spacial score (nSPS) is 14.2. The number of thioether (sulfide) groups is 1. The fraction of sp³-hybridized carbons (Fsp3) is 0.184. The Bertz CT molecular complexity index is 5860. The Hall–Kier alpha value is -14.2. The molecule has 16 rings (SSSR count). The van der Waals surface area contributed by atoms with Crippen molar-refractivity contribution in [3.63, 3.8) is 0 Å². The number of imidazole rings is 1. The van der Waals surface area contributed by atoms with E-state index < -0.39 is 5.56 Å². The molecule has 2 atom stereocenters. The van der Waals surface area contributed by atoms with Crippen LogP contribution in [0, 0.1) is 56.3 Å². The van der Waals surface area contributed by atoms with Crippen molar-refractivity contribution in [1.82, 2.24) is 71.2 Å². The number of pyridine rings is 5. The van der Waals surface area contributed by atoms with Crippen LogP contribution in [-0.4, -0.2) is 97.4 Å². The summed E-state index contributed by atoms with van der Waals surface area (Å²) in [5.74, 6) is 5.03. The van der Waals surface area contributed by atoms with E-state index in [9.17, 15) is 28.8 Å². The molecule has 3 aliphatic heterocycles. The highest BCUT2D eigenvalue weighted by atomic mass is 32.2. The van der Waals surface area contributed by atoms with Gasteiger partial charge in [-0.2, -0.15) is 20.6 Å². The lowest BCUT2D eigenvalue weighted by atomic mass is 9.92. The van der Waals surface area contributed by atoms with Crippen LogP contribution in [0.5, 0.6) is 5.75 Å². The molecule has 9 N–H and O–H groups in total. The molecule has 8 aromatic heterocycles. The number of carbonyl (C=O) groups is 3. The summed E-state index contributed by atoms with van der Waals surface area (Å²) in [6.07, 6.45) is 25.7. The van der Waals surface area contributed by atoms with E-state index >= 15 is 0 Å². The molecule has 26 heteroatoms. The molecule has 1 aliphatic carbocycles. The summed E-state index contributed by atoms with van der Waals surface area (Å²) in [6.45, 7) is 15.6. The predicted molar refractivity (Wildman–Crippen MR) is 444 cm³/mol. The molecule has 0 radical (unpaired) electrons. The Morgan fingerprint density at radius 2 is 1.35 bits per heavy atom. The van der Waals surface area contributed by atoms with Crippen molar-refractivity contribution in [2.24, 2.45) is 22.0 Å². The molecule has 4 aliphatic rings. The van der Waals surface area contributed by atoms with Gasteiger partial charge in [-0.1, -0.05) is 76.2 Å². The fourth-order valence-corrected chi connectivity index (χ4v) is 12.9. The fourth-order valence-electron chi connectivity index (χ4n) is 12.4. The number of amides is 2. The molecule has 4 aromatic carbocycles. The van der Waals surface area contributed by atoms with E-state index in [4.69, 9.17) is 16.4 Å². The van der Waals surface area contributed by atoms with Crippen molar-refractivity contribution in [2.45, 2.75) is 86.1 Å². The topological polar surface area (TPSA) is 365 Å². The van der Waals surface area contributed by atoms with Crippen LogP contribution in [0.15, 0.2) is 242 Å². The molecular formula is C87H84N18O7S. The highest BCUT2D eigenvalue weighted by Crippen LogP contribution is 2.34. The monoisotopic (exact) mass is 1520 g/mol. The van der Waals surface area contributed by atoms with Crippen LogP contribution in [-0.2, 0) is 22.6 Å². The quantitative estimate of drug-likeness (QED) is 0.0294. The number of hydrogen-bond acceptors (Lipinski definition) is 19. The van der Waals surface area contributed by atoms with Gasteiger partial charge in [0.15, 0.2) is 23.0 Å². The first kappa shape index (κ1) is 81.3. The number of fused-ring (bicyclic) bond motifs is 2. The maximum Gasteiger partial charge on any atom is 0.271 e. The van der Waals surface area contributed by atoms with Crippen LogP contribution in [0.4, 0.5) is 5.82 Å². The zero-order valence-electron chi connectivity index (χ0n) is 62.7. The van der Waals surface area contributed by atoms with Gasteiger partial charge in [0, 0.05) is 137 Å². The van der Waals surface area contributed by atoms with Crippen LogP contribution in [0.3, 0.4) is 0 Å². The van der Waals surface area contributed by atoms with E-state index in [1.807, 2.05) is 143 Å². The number of carbonyl (C=O) groups excluding carboxylic acids is 3. The molecule has 2 unspecified atom stereocenters. The van der Waals surface area contributed by atoms with Crippen molar-refractivity contribution in [2.75, 3.05) is 18.7 Å². The Kier molecular flexibility index (Phi) is 27.5. The van der Waals surface area contributed by atoms with Crippen molar-refractivity contribution in [3.05, 3.63) is 311 Å². The van der Waals surface area contributed by atoms with Gasteiger partial charge in [-0.05, 0) is 194 Å². The summed E-state index contributed by atoms with van der Waals surface area (Å²) in [4.78, 5) is 102. The summed E-state index contributed by atoms with van der Waals surface area (Å²) in [5, 5.41) is 30.3. The number of aromatic nitrogens is 11. The van der Waals surface area contributed by atoms with Gasteiger partial charge in [0.25, 0.3) is 16.7 Å². The van der Waals surface area contributed by atoms with Crippen molar-refractivity contribution < 1.29 is 19.1 Å². The SMILES string of the molecule is C.C#Cc1cc(-c2ccncc2)c(C)[nH]c1=O.C=C1CC(C(=O)c2ccc(SC)cc2)=C(C)N1.CC1CC(=O)NN=C1c1ccc2nc(-c3ccn[nH]3)[nH]c2c1.COc1ccc(C2=Cc3cc(C4=NNC(=O)CC4C)ccc3C2)cc1.Cc1cc(-c2ccncc2)c[nH]c1=O.Cc1nc(NCc2cccnc2)c(C#N)c(=O)[nH]1. The van der Waals surface area contributed by atoms with E-state index in [-0.39, 0.29) is 53.5 Å². The molecule has 113 heavy (non-hydrogen) atoms. The number of nitrogens with zero attached hydrogens (tertiary/aromatic N) is 9. The van der Waals surface area contributed by atoms with Gasteiger partial charge in [0.05, 0.1) is 35.1 Å². The Morgan fingerprint density at radius 1 is 0.690 bits per heavy atom. The molecular weight excluding hydrogens is 1440 g/mol. The molecule has 0 saturated carbocycles. The molecule has 11 heterocycles. The number of terminal acetylenes is 1. The number of Topliss-reactive ketones (excluding diaryl/α,β-unsaturated/α-hetero) is 1. The van der Waals surface area contributed by atoms with Crippen molar-refractivity contribution in [1.29, 1.82) is 5.26 Å². The number of allylic oxidation sites excluding steroid dienone is 3. The summed E-state index contributed by atoms with van der Waals surface area (Å²) in [5.41, 5.74) is 26.2. The number of H-pyrrole nitrogens is 5. The van der Waals surface area contributed by atoms with Gasteiger partial charge in [0.1, 0.15) is 23.3 Å². The highest BCUT2D eigenvalue weighted by molar-refractivity contribution is 7.98. The minimum absolute atomic E-state index is 0. The third-order valence-electron chi connectivity index (χ3n) is 18.3. The second-order valence-corrected chi connectivity index (χ2v) is 27.3. The Labute approximate surface area is 656 Å². The lowest BCUT2D eigenvalue weighted by Gasteiger charge is -2.19. The molecule has 0 bridgehead atoms. The van der Waals surface area contributed by atoms with E-state index in [1.54, 1.807) is 88.4 Å². The maximum atomic E-state index is 12.3. The standard InChI is InChI=1S/C21H20N2O2.C15H14N6O.C14H15NOS.C13H10N2O.C12H11N5O.C11H10N2O.CH4/c1-13-9-20(24)22-23-21(13)16-4-3-15-10-17(12-18(15)11-16)14-5-7-19(25-2)8-6-14;1-8-6-13(22)20-21-14(8)9-2-3-10-12(7-9)18-15(17-10)11-4-5-16-19-11;1-9-8-13(10(2)15-9)14(16)11-4-6-12(17-3)7-5-11;1-3-10-8-12(9(2)15-13(10)16)11-4-6-14-7-5-11;1-8-16-11(10(5-13)12(18)17-8)15-7-9-3-2-4-14-6-9;1-8-6-10(7-13-11(8)14)9-2-4-12-5-3-9;/h3-8,11-13H,9-10H2,1-2H3,(H,22,24);2-5,7-8H,6H2,1H3,(H,16,19)(H,17,18)(H,20,22);4-7,15H,1,8H2,2-3H3;1,4-8H,2H3,(H,15,16);2-4,6H,7H2,1H3,(H2,15,16,17,18);2-7H,1H3,(H,13,14);1H4. The smallest absolute Gasteiger partial charge is 0.271 e. The number of ether oxygens (including phenoxy) is 1. The van der Waals surface area contributed by atoms with Gasteiger partial charge < -0.3 is 35.3 Å². The molecule has 0 spiro atoms. The van der Waals surface area contributed by atoms with Crippen molar-refractivity contribution in [3.8, 4) is 57.9 Å². The average molecular weight is 1530 g/mol. The number of aromatic amines is 5. The van der Waals surface area contributed by atoms with E-state index in [2.05, 4.69) is 136 Å². The summed E-state index contributed by atoms with van der Waals surface area (Å²) < 4.78 is 5.23. The number of hydrogen-bond donors (Lipinski definition) is 9. The second-order valence-electron chi connectivity index (χ2n) is 26.4. The molecule has 0 saturated heterocycles. The number of hydrazone groups is 2. The van der Waals surface area contributed by atoms with Crippen LogP contribution >= 0.6 is 11.8 Å². The number of aryl methyl sites for hydroxylation is 3. The summed E-state index contributed by atoms with van der Waals surface area (Å²) in [7, 11) is 1.68. The van der Waals surface area contributed by atoms with Crippen LogP contribution in [0.25, 0.3) is 56.5 Å². The zero-order chi connectivity index (χ0) is 79.4. The van der Waals surface area contributed by atoms with Crippen LogP contribution in [0.2, 0.25) is 0 Å². The number of ketones is 1. The van der Waals surface area contributed by atoms with Gasteiger partial charge in [-0.25, -0.2) is 20.8 Å². The minimum atomic E-state index is -0.432. The average Bonchev–Trinajstić information content (AvgIpc) is 1.68. The molecule has 12 aromatic rings. The van der Waals surface area contributed by atoms with E-state index in [0.717, 1.165) is 119 Å². The number of methoxy groups -OCH3 is 1. The lowest BCUT2D eigenvalue weighted by molar-refractivity contribution is -0.122. The Morgan fingerprint density at radius 3 is 1.95 bits per heavy atom. The first-order valence-electron chi connectivity index (χ1n) is 35.5. The van der Waals surface area contributed by atoms with E-state index in [1.165, 1.54) is 27.2 Å². The van der Waals surface area contributed by atoms with Crippen LogP contribution < -0.4 is 42.9 Å². The minimum Gasteiger partial charge on any atom is -0.497 e. The third-order valence-corrected chi connectivity index (χ3v) is 19.1. The second kappa shape index (κ2) is 38.2. The number of rotatable bonds is 13. The number of nitrogens with one attached hydrogen (secondary N) is 9. The zero-order valence-corrected chi connectivity index (χ0v) is 63.6. The molecule has 0 fully saturated rings. The molecule has 25 nitrogen and oxygen atoms in total. The highest BCUT2D eigenvalue weighted by Gasteiger charge is 2.26. The molecule has 2 amide bonds. The predicted octanol–water partition coefficient (Wildman–Crippen LogP) is 13.9. The maximum absolute atomic E-state index is 12.3. The number of nitriles is 1. The van der Waals surface area contributed by atoms with E-state index in [0.29, 0.717) is 43.0 Å². The Balaban J connectivity index is 0.000000145. The van der Waals surface area contributed by atoms with Gasteiger partial charge >= 0.3 is 0 Å². The van der Waals surface area contributed by atoms with Gasteiger partial charge in [0.2, 0.25) is 11.8 Å². The van der Waals surface area contributed by atoms with Crippen LogP contribution in [0.1, 0.15) is 119 Å². The number of benzene rings is 4. The third kappa shape index (κ3) is 21.0. The first-order valence-corrected chi connectivity index (χ1v) is 36.8. The molecule has 570 valence electrons. The number of anilines is 1. The van der Waals surface area contributed by atoms with Gasteiger partial charge in [-0.3, -0.25) is 48.8 Å². The largest absolute Gasteiger partial charge is 0.497 e. The van der Waals surface area contributed by atoms with Gasteiger partial charge in [-0.15, -0.1) is 18.2 Å². The lowest BCUT2D eigenvalue weighted by Crippen LogP contribution is -2.31. The first-order chi connectivity index (χ1) is 54.1. The summed E-state index contributed by atoms with van der Waals surface area (Å²) >= 11 is 1.67. The summed E-state index contributed by atoms with van der Waals surface area (Å²) in [6, 6.07) is 46.9.